The maximum atomic E-state index is 14.8. The number of hydrogen-bond acceptors (Lipinski definition) is 6. The predicted octanol–water partition coefficient (Wildman–Crippen LogP) is 4.86. The van der Waals surface area contributed by atoms with E-state index in [1.807, 2.05) is 6.07 Å². The Hall–Kier alpha value is -3.83. The molecule has 3 unspecified atom stereocenters. The van der Waals surface area contributed by atoms with Crippen molar-refractivity contribution in [2.24, 2.45) is 5.73 Å². The summed E-state index contributed by atoms with van der Waals surface area (Å²) in [7, 11) is 0. The molecule has 0 spiro atoms. The van der Waals surface area contributed by atoms with Gasteiger partial charge in [-0.25, -0.2) is 13.6 Å². The first-order valence-electron chi connectivity index (χ1n) is 13.5. The Morgan fingerprint density at radius 1 is 1.12 bits per heavy atom. The molecule has 1 aliphatic rings. The largest absolute Gasteiger partial charge is 0.414 e. The van der Waals surface area contributed by atoms with Crippen LogP contribution in [0.25, 0.3) is 0 Å². The molecule has 8 nitrogen and oxygen atoms in total. The van der Waals surface area contributed by atoms with Gasteiger partial charge < -0.3 is 31.2 Å². The van der Waals surface area contributed by atoms with E-state index in [-0.39, 0.29) is 37.3 Å². The van der Waals surface area contributed by atoms with Crippen molar-refractivity contribution in [1.82, 2.24) is 10.6 Å². The van der Waals surface area contributed by atoms with E-state index in [4.69, 9.17) is 26.8 Å². The van der Waals surface area contributed by atoms with E-state index >= 15 is 0 Å². The zero-order valence-electron chi connectivity index (χ0n) is 22.9. The van der Waals surface area contributed by atoms with Crippen molar-refractivity contribution in [3.8, 4) is 0 Å². The van der Waals surface area contributed by atoms with Gasteiger partial charge in [0.2, 0.25) is 5.91 Å². The van der Waals surface area contributed by atoms with Crippen LogP contribution in [-0.2, 0) is 33.7 Å². The van der Waals surface area contributed by atoms with Crippen molar-refractivity contribution < 1.29 is 27.8 Å². The van der Waals surface area contributed by atoms with Gasteiger partial charge in [-0.3, -0.25) is 4.79 Å². The van der Waals surface area contributed by atoms with Gasteiger partial charge in [0.1, 0.15) is 17.4 Å². The lowest BCUT2D eigenvalue weighted by Crippen LogP contribution is -2.48. The highest BCUT2D eigenvalue weighted by molar-refractivity contribution is 6.31. The van der Waals surface area contributed by atoms with E-state index in [0.717, 1.165) is 11.1 Å². The van der Waals surface area contributed by atoms with Crippen LogP contribution in [0.2, 0.25) is 5.02 Å². The molecule has 0 aliphatic carbocycles. The van der Waals surface area contributed by atoms with Crippen LogP contribution in [0, 0.1) is 11.6 Å². The highest BCUT2D eigenvalue weighted by Crippen LogP contribution is 2.24. The Morgan fingerprint density at radius 3 is 2.60 bits per heavy atom. The maximum absolute atomic E-state index is 14.8. The minimum absolute atomic E-state index is 0.175. The molecule has 0 saturated carbocycles. The highest BCUT2D eigenvalue weighted by atomic mass is 35.5. The fourth-order valence-corrected chi connectivity index (χ4v) is 4.69. The van der Waals surface area contributed by atoms with Gasteiger partial charge in [0.25, 0.3) is 0 Å². The van der Waals surface area contributed by atoms with Gasteiger partial charge in [0.15, 0.2) is 0 Å². The molecule has 0 radical (unpaired) electrons. The van der Waals surface area contributed by atoms with Gasteiger partial charge in [-0.15, -0.1) is 0 Å². The van der Waals surface area contributed by atoms with Gasteiger partial charge in [0.05, 0.1) is 24.8 Å². The van der Waals surface area contributed by atoms with Crippen molar-refractivity contribution in [2.45, 2.75) is 44.0 Å². The zero-order chi connectivity index (χ0) is 30.1. The summed E-state index contributed by atoms with van der Waals surface area (Å²) in [4.78, 5) is 24.9. The first-order valence-corrected chi connectivity index (χ1v) is 13.9. The van der Waals surface area contributed by atoms with E-state index < -0.39 is 29.9 Å². The molecule has 3 aromatic rings. The van der Waals surface area contributed by atoms with Crippen molar-refractivity contribution in [1.29, 1.82) is 0 Å². The van der Waals surface area contributed by atoms with E-state index in [1.165, 1.54) is 24.3 Å². The number of anilines is 1. The molecule has 222 valence electrons. The van der Waals surface area contributed by atoms with Crippen LogP contribution < -0.4 is 21.7 Å². The van der Waals surface area contributed by atoms with Crippen LogP contribution in [0.4, 0.5) is 19.3 Å². The fourth-order valence-electron chi connectivity index (χ4n) is 4.47. The normalized spacial score (nSPS) is 17.2. The lowest BCUT2D eigenvalue weighted by atomic mass is 10.0. The number of amides is 2. The summed E-state index contributed by atoms with van der Waals surface area (Å²) in [5, 5.41) is 9.10. The van der Waals surface area contributed by atoms with Gasteiger partial charge in [-0.1, -0.05) is 54.6 Å². The van der Waals surface area contributed by atoms with Crippen LogP contribution in [0.5, 0.6) is 0 Å². The Morgan fingerprint density at radius 2 is 1.88 bits per heavy atom. The first-order chi connectivity index (χ1) is 20.2. The Labute approximate surface area is 248 Å². The minimum Gasteiger partial charge on any atom is -0.414 e. The fraction of sp³-hybridized carbons (Fsp3) is 0.290. The number of hydrogen-bond donors (Lipinski definition) is 4. The molecule has 1 heterocycles. The van der Waals surface area contributed by atoms with E-state index in [2.05, 4.69) is 22.5 Å². The molecule has 11 heteroatoms. The third-order valence-corrected chi connectivity index (χ3v) is 7.25. The standard InChI is InChI=1S/C31H33ClF2N4O4/c1-19(42-31(40)37-16-20-9-11-22(33)12-10-20)29-18-41-23(17-36-29)13-14-24-26(34)7-4-8-28(24)38-30(39)27(35)15-21-5-2-3-6-25(21)32/h2-12,23,27,29,36H,1,13-18,35H2,(H,37,40)(H,38,39). The second-order valence-corrected chi connectivity index (χ2v) is 10.4. The molecule has 5 N–H and O–H groups in total. The summed E-state index contributed by atoms with van der Waals surface area (Å²) in [6.45, 7) is 4.61. The van der Waals surface area contributed by atoms with Crippen LogP contribution in [0.1, 0.15) is 23.1 Å². The average molecular weight is 599 g/mol. The van der Waals surface area contributed by atoms with Crippen molar-refractivity contribution in [3.05, 3.63) is 112 Å². The van der Waals surface area contributed by atoms with Gasteiger partial charge >= 0.3 is 6.09 Å². The molecule has 3 atom stereocenters. The number of benzene rings is 3. The number of rotatable bonds is 11. The van der Waals surface area contributed by atoms with Gasteiger partial charge in [-0.05, 0) is 60.7 Å². The average Bonchev–Trinajstić information content (AvgIpc) is 2.98. The number of halogens is 3. The Kier molecular flexibility index (Phi) is 11.0. The minimum atomic E-state index is -0.871. The van der Waals surface area contributed by atoms with Crippen LogP contribution in [-0.4, -0.2) is 43.3 Å². The van der Waals surface area contributed by atoms with E-state index in [9.17, 15) is 18.4 Å². The molecule has 4 rings (SSSR count). The monoisotopic (exact) mass is 598 g/mol. The van der Waals surface area contributed by atoms with Gasteiger partial charge in [0, 0.05) is 29.4 Å². The van der Waals surface area contributed by atoms with Crippen molar-refractivity contribution in [3.63, 3.8) is 0 Å². The molecule has 42 heavy (non-hydrogen) atoms. The van der Waals surface area contributed by atoms with Crippen LogP contribution in [0.3, 0.4) is 0 Å². The van der Waals surface area contributed by atoms with Crippen LogP contribution in [0.15, 0.2) is 79.1 Å². The third kappa shape index (κ3) is 8.83. The maximum Gasteiger partial charge on any atom is 0.412 e. The molecule has 1 fully saturated rings. The highest BCUT2D eigenvalue weighted by Gasteiger charge is 2.26. The number of nitrogens with two attached hydrogens (primary N) is 1. The number of carbonyl (C=O) groups excluding carboxylic acids is 2. The number of ether oxygens (including phenoxy) is 2. The third-order valence-electron chi connectivity index (χ3n) is 6.88. The summed E-state index contributed by atoms with van der Waals surface area (Å²) >= 11 is 6.19. The van der Waals surface area contributed by atoms with Crippen LogP contribution >= 0.6 is 11.6 Å². The topological polar surface area (TPSA) is 115 Å². The zero-order valence-corrected chi connectivity index (χ0v) is 23.6. The molecule has 0 aromatic heterocycles. The molecule has 1 aliphatic heterocycles. The summed E-state index contributed by atoms with van der Waals surface area (Å²) in [6, 6.07) is 16.1. The second-order valence-electron chi connectivity index (χ2n) is 9.95. The van der Waals surface area contributed by atoms with Gasteiger partial charge in [-0.2, -0.15) is 0 Å². The lowest BCUT2D eigenvalue weighted by Gasteiger charge is -2.31. The molecular weight excluding hydrogens is 566 g/mol. The smallest absolute Gasteiger partial charge is 0.412 e. The first kappa shape index (κ1) is 31.1. The summed E-state index contributed by atoms with van der Waals surface area (Å²) < 4.78 is 39.0. The van der Waals surface area contributed by atoms with Crippen molar-refractivity contribution >= 4 is 29.3 Å². The Bertz CT molecular complexity index is 1400. The molecule has 2 amide bonds. The summed E-state index contributed by atoms with van der Waals surface area (Å²) in [5.74, 6) is -1.05. The molecular formula is C31H33ClF2N4O4. The summed E-state index contributed by atoms with van der Waals surface area (Å²) in [5.41, 5.74) is 8.29. The van der Waals surface area contributed by atoms with Crippen molar-refractivity contribution in [2.75, 3.05) is 18.5 Å². The summed E-state index contributed by atoms with van der Waals surface area (Å²) in [6.07, 6.45) is 0.0910. The SMILES string of the molecule is C=C(OC(=O)NCc1ccc(F)cc1)C1COC(CCc2c(F)cccc2NC(=O)C(N)Cc2ccccc2Cl)CN1. The Balaban J connectivity index is 1.23. The quantitative estimate of drug-likeness (QED) is 0.235. The number of carbonyl (C=O) groups is 2. The second kappa shape index (κ2) is 14.9. The number of nitrogens with one attached hydrogen (secondary N) is 3. The number of alkyl carbamates (subject to hydrolysis) is 1. The molecule has 0 bridgehead atoms. The lowest BCUT2D eigenvalue weighted by molar-refractivity contribution is -0.117. The molecule has 3 aromatic carbocycles. The van der Waals surface area contributed by atoms with E-state index in [0.29, 0.717) is 35.7 Å². The number of morpholine rings is 1. The molecule has 1 saturated heterocycles. The predicted molar refractivity (Wildman–Crippen MR) is 157 cm³/mol. The van der Waals surface area contributed by atoms with E-state index in [1.54, 1.807) is 36.4 Å².